The lowest BCUT2D eigenvalue weighted by Gasteiger charge is -2.21. The average Bonchev–Trinajstić information content (AvgIpc) is 3.44. The fourth-order valence-electron chi connectivity index (χ4n) is 4.71. The van der Waals surface area contributed by atoms with Gasteiger partial charge < -0.3 is 10.3 Å². The Morgan fingerprint density at radius 3 is 2.64 bits per heavy atom. The average molecular weight is 467 g/mol. The van der Waals surface area contributed by atoms with E-state index in [4.69, 9.17) is 0 Å². The van der Waals surface area contributed by atoms with E-state index in [1.807, 2.05) is 6.92 Å². The summed E-state index contributed by atoms with van der Waals surface area (Å²) in [5.74, 6) is 0.775. The third kappa shape index (κ3) is 3.92. The van der Waals surface area contributed by atoms with E-state index in [1.165, 1.54) is 0 Å². The first-order chi connectivity index (χ1) is 15.9. The Morgan fingerprint density at radius 2 is 2.00 bits per heavy atom. The van der Waals surface area contributed by atoms with E-state index in [1.54, 1.807) is 45.5 Å². The Hall–Kier alpha value is -3.16. The van der Waals surface area contributed by atoms with Crippen molar-refractivity contribution in [3.63, 3.8) is 0 Å². The topological polar surface area (TPSA) is 124 Å². The molecule has 0 radical (unpaired) electrons. The van der Waals surface area contributed by atoms with Crippen molar-refractivity contribution in [1.82, 2.24) is 19.1 Å². The molecule has 2 fully saturated rings. The second-order valence-electron chi connectivity index (χ2n) is 8.88. The second kappa shape index (κ2) is 8.32. The maximum absolute atomic E-state index is 13.0. The van der Waals surface area contributed by atoms with E-state index < -0.39 is 10.0 Å². The molecule has 3 aromatic rings. The summed E-state index contributed by atoms with van der Waals surface area (Å²) < 4.78 is 29.3. The third-order valence-corrected chi connectivity index (χ3v) is 8.65. The van der Waals surface area contributed by atoms with Gasteiger partial charge in [-0.15, -0.1) is 0 Å². The first-order valence-corrected chi connectivity index (χ1v) is 12.7. The lowest BCUT2D eigenvalue weighted by molar-refractivity contribution is 0.408. The van der Waals surface area contributed by atoms with Gasteiger partial charge in [0.05, 0.1) is 28.9 Å². The van der Waals surface area contributed by atoms with Crippen molar-refractivity contribution in [3.05, 3.63) is 46.9 Å². The minimum absolute atomic E-state index is 0.00248. The molecule has 1 unspecified atom stereocenters. The zero-order chi connectivity index (χ0) is 23.2. The third-order valence-electron chi connectivity index (χ3n) is 6.63. The molecule has 0 amide bonds. The molecule has 1 aliphatic carbocycles. The summed E-state index contributed by atoms with van der Waals surface area (Å²) in [6.45, 7) is 2.47. The summed E-state index contributed by atoms with van der Waals surface area (Å²) in [4.78, 5) is 15.6. The van der Waals surface area contributed by atoms with Crippen LogP contribution in [0.2, 0.25) is 0 Å². The number of nitrogens with one attached hydrogen (secondary N) is 2. The molecule has 0 bridgehead atoms. The van der Waals surface area contributed by atoms with Gasteiger partial charge in [-0.1, -0.05) is 0 Å². The molecule has 1 saturated carbocycles. The molecule has 1 aliphatic heterocycles. The highest BCUT2D eigenvalue weighted by Gasteiger charge is 2.35. The second-order valence-corrected chi connectivity index (χ2v) is 10.8. The van der Waals surface area contributed by atoms with Crippen LogP contribution in [0.1, 0.15) is 45.1 Å². The molecule has 9 nitrogen and oxygen atoms in total. The number of H-pyrrole nitrogens is 1. The summed E-state index contributed by atoms with van der Waals surface area (Å²) in [6.07, 6.45) is 5.75. The molecular weight excluding hydrogens is 440 g/mol. The van der Waals surface area contributed by atoms with Gasteiger partial charge in [-0.05, 0) is 68.9 Å². The van der Waals surface area contributed by atoms with Gasteiger partial charge in [0, 0.05) is 24.5 Å². The highest BCUT2D eigenvalue weighted by atomic mass is 32.2. The number of rotatable bonds is 7. The van der Waals surface area contributed by atoms with Crippen molar-refractivity contribution in [2.24, 2.45) is 5.92 Å². The highest BCUT2D eigenvalue weighted by molar-refractivity contribution is 7.89. The van der Waals surface area contributed by atoms with Crippen LogP contribution in [0.25, 0.3) is 10.9 Å². The number of hydrogen-bond donors (Lipinski definition) is 2. The number of nitriles is 1. The summed E-state index contributed by atoms with van der Waals surface area (Å²) in [5.41, 5.74) is 1.03. The van der Waals surface area contributed by atoms with Crippen LogP contribution in [0.4, 0.5) is 11.5 Å². The minimum atomic E-state index is -3.53. The quantitative estimate of drug-likeness (QED) is 0.549. The Morgan fingerprint density at radius 1 is 1.24 bits per heavy atom. The van der Waals surface area contributed by atoms with E-state index in [9.17, 15) is 18.5 Å². The molecule has 0 spiro atoms. The van der Waals surface area contributed by atoms with Crippen molar-refractivity contribution in [2.75, 3.05) is 11.9 Å². The van der Waals surface area contributed by atoms with Gasteiger partial charge in [-0.25, -0.2) is 8.42 Å². The minimum Gasteiger partial charge on any atom is -0.338 e. The van der Waals surface area contributed by atoms with Crippen LogP contribution in [0.15, 0.2) is 46.2 Å². The number of pyridine rings is 1. The molecule has 2 aromatic heterocycles. The molecule has 2 aliphatic rings. The smallest absolute Gasteiger partial charge is 0.261 e. The Balaban J connectivity index is 1.47. The number of anilines is 2. The predicted octanol–water partition coefficient (Wildman–Crippen LogP) is 3.51. The molecule has 1 aromatic carbocycles. The number of aromatic amines is 1. The number of benzene rings is 1. The molecule has 2 N–H and O–H groups in total. The van der Waals surface area contributed by atoms with Gasteiger partial charge in [-0.3, -0.25) is 9.48 Å². The molecule has 2 atom stereocenters. The fourth-order valence-corrected chi connectivity index (χ4v) is 6.41. The van der Waals surface area contributed by atoms with Gasteiger partial charge in [-0.2, -0.15) is 14.7 Å². The number of nitrogens with zero attached hydrogens (tertiary/aromatic N) is 4. The fraction of sp³-hybridized carbons (Fsp3) is 0.435. The van der Waals surface area contributed by atoms with Gasteiger partial charge in [0.25, 0.3) is 5.56 Å². The number of hydrogen-bond acceptors (Lipinski definition) is 6. The predicted molar refractivity (Wildman–Crippen MR) is 125 cm³/mol. The molecule has 3 heterocycles. The van der Waals surface area contributed by atoms with Crippen LogP contribution in [-0.2, 0) is 10.0 Å². The lowest BCUT2D eigenvalue weighted by atomic mass is 10.1. The molecule has 10 heteroatoms. The Kier molecular flexibility index (Phi) is 5.46. The zero-order valence-electron chi connectivity index (χ0n) is 18.4. The van der Waals surface area contributed by atoms with Crippen molar-refractivity contribution in [3.8, 4) is 6.07 Å². The van der Waals surface area contributed by atoms with Crippen LogP contribution < -0.4 is 10.9 Å². The SMILES string of the molecule is C[C@H]1CCCN1S(=O)(=O)c1ccc(Nc2nn(C(CC#N)C3CC3)c3cc[nH]c(=O)c23)cc1. The lowest BCUT2D eigenvalue weighted by Crippen LogP contribution is -2.33. The maximum atomic E-state index is 13.0. The molecule has 1 saturated heterocycles. The Labute approximate surface area is 192 Å². The molecular formula is C23H26N6O3S. The van der Waals surface area contributed by atoms with Gasteiger partial charge in [0.1, 0.15) is 5.39 Å². The number of fused-ring (bicyclic) bond motifs is 1. The first-order valence-electron chi connectivity index (χ1n) is 11.3. The number of sulfonamides is 1. The largest absolute Gasteiger partial charge is 0.338 e. The van der Waals surface area contributed by atoms with Crippen molar-refractivity contribution >= 4 is 32.4 Å². The van der Waals surface area contributed by atoms with Crippen molar-refractivity contribution in [1.29, 1.82) is 5.26 Å². The summed E-state index contributed by atoms with van der Waals surface area (Å²) >= 11 is 0. The van der Waals surface area contributed by atoms with Gasteiger partial charge in [0.15, 0.2) is 5.82 Å². The maximum Gasteiger partial charge on any atom is 0.261 e. The van der Waals surface area contributed by atoms with E-state index in [0.29, 0.717) is 41.3 Å². The normalized spacial score (nSPS) is 20.1. The van der Waals surface area contributed by atoms with Crippen LogP contribution in [0.5, 0.6) is 0 Å². The standard InChI is InChI=1S/C23H26N6O3S/c1-15-3-2-14-28(15)33(31,32)18-8-6-17(7-9-18)26-22-21-20(11-13-25-23(21)30)29(27-22)19(10-12-24)16-4-5-16/h6-9,11,13,15-16,19H,2-5,10,14H2,1H3,(H,25,30)(H,26,27)/t15-,19?/m0/s1. The number of aromatic nitrogens is 3. The van der Waals surface area contributed by atoms with Gasteiger partial charge in [0.2, 0.25) is 10.0 Å². The van der Waals surface area contributed by atoms with Crippen molar-refractivity contribution in [2.45, 2.75) is 56.0 Å². The van der Waals surface area contributed by atoms with E-state index >= 15 is 0 Å². The Bertz CT molecular complexity index is 1380. The van der Waals surface area contributed by atoms with E-state index in [2.05, 4.69) is 21.5 Å². The molecule has 172 valence electrons. The van der Waals surface area contributed by atoms with Gasteiger partial charge >= 0.3 is 0 Å². The van der Waals surface area contributed by atoms with Crippen LogP contribution in [0, 0.1) is 17.2 Å². The first kappa shape index (κ1) is 21.7. The monoisotopic (exact) mass is 466 g/mol. The van der Waals surface area contributed by atoms with Crippen LogP contribution in [0.3, 0.4) is 0 Å². The molecule has 5 rings (SSSR count). The van der Waals surface area contributed by atoms with E-state index in [-0.39, 0.29) is 22.5 Å². The van der Waals surface area contributed by atoms with E-state index in [0.717, 1.165) is 25.7 Å². The molecule has 33 heavy (non-hydrogen) atoms. The van der Waals surface area contributed by atoms with Crippen LogP contribution >= 0.6 is 0 Å². The van der Waals surface area contributed by atoms with Crippen molar-refractivity contribution < 1.29 is 8.42 Å². The summed E-state index contributed by atoms with van der Waals surface area (Å²) in [7, 11) is -3.53. The highest BCUT2D eigenvalue weighted by Crippen LogP contribution is 2.43. The zero-order valence-corrected chi connectivity index (χ0v) is 19.2. The van der Waals surface area contributed by atoms with Crippen LogP contribution in [-0.4, -0.2) is 40.1 Å². The summed E-state index contributed by atoms with van der Waals surface area (Å²) in [5, 5.41) is 17.6. The summed E-state index contributed by atoms with van der Waals surface area (Å²) in [6, 6.07) is 10.5.